The normalized spacial score (nSPS) is 25.3. The largest absolute Gasteiger partial charge is 0.477 e. The van der Waals surface area contributed by atoms with Crippen LogP contribution >= 0.6 is 0 Å². The van der Waals surface area contributed by atoms with Crippen molar-refractivity contribution < 1.29 is 23.4 Å². The molecule has 1 unspecified atom stereocenters. The van der Waals surface area contributed by atoms with Crippen molar-refractivity contribution in [2.45, 2.75) is 31.3 Å². The summed E-state index contributed by atoms with van der Waals surface area (Å²) in [6, 6.07) is 0. The van der Waals surface area contributed by atoms with Crippen molar-refractivity contribution in [1.82, 2.24) is 0 Å². The van der Waals surface area contributed by atoms with E-state index in [1.54, 1.807) is 0 Å². The van der Waals surface area contributed by atoms with Crippen molar-refractivity contribution in [3.8, 4) is 0 Å². The minimum Gasteiger partial charge on any atom is -0.477 e. The molecule has 1 saturated heterocycles. The predicted molar refractivity (Wildman–Crippen MR) is 36.2 cm³/mol. The molecule has 1 fully saturated rings. The van der Waals surface area contributed by atoms with E-state index < -0.39 is 18.0 Å². The smallest absolute Gasteiger partial charge is 0.377 e. The van der Waals surface area contributed by atoms with Gasteiger partial charge in [-0.1, -0.05) is 0 Å². The van der Waals surface area contributed by atoms with Gasteiger partial charge in [0.15, 0.2) is 0 Å². The molecule has 0 aliphatic carbocycles. The van der Waals surface area contributed by atoms with Crippen LogP contribution < -0.4 is 0 Å². The third kappa shape index (κ3) is 1.72. The third-order valence-corrected chi connectivity index (χ3v) is 1.87. The maximum atomic E-state index is 12.7. The first-order valence-corrected chi connectivity index (χ1v) is 3.78. The number of rotatable bonds is 2. The van der Waals surface area contributed by atoms with E-state index >= 15 is 0 Å². The monoisotopic (exact) mass is 180 g/mol. The lowest BCUT2D eigenvalue weighted by atomic mass is 10.0. The molecule has 1 heterocycles. The first kappa shape index (κ1) is 9.38. The Bertz CT molecular complexity index is 175. The van der Waals surface area contributed by atoms with Crippen molar-refractivity contribution in [1.29, 1.82) is 0 Å². The van der Waals surface area contributed by atoms with E-state index in [9.17, 15) is 13.6 Å². The molecular weight excluding hydrogens is 170 g/mol. The summed E-state index contributed by atoms with van der Waals surface area (Å²) in [5, 5.41) is 8.16. The quantitative estimate of drug-likeness (QED) is 0.696. The van der Waals surface area contributed by atoms with Crippen LogP contribution in [-0.2, 0) is 9.53 Å². The van der Waals surface area contributed by atoms with Crippen LogP contribution in [0.5, 0.6) is 0 Å². The summed E-state index contributed by atoms with van der Waals surface area (Å²) in [4.78, 5) is 10.1. The summed E-state index contributed by atoms with van der Waals surface area (Å²) in [7, 11) is 0. The summed E-state index contributed by atoms with van der Waals surface area (Å²) in [5.74, 6) is -5.84. The van der Waals surface area contributed by atoms with Crippen LogP contribution in [0.2, 0.25) is 0 Å². The average molecular weight is 180 g/mol. The van der Waals surface area contributed by atoms with Crippen molar-refractivity contribution in [3.63, 3.8) is 0 Å². The summed E-state index contributed by atoms with van der Waals surface area (Å²) < 4.78 is 30.1. The Morgan fingerprint density at radius 3 is 2.58 bits per heavy atom. The fraction of sp³-hybridized carbons (Fsp3) is 0.857. The molecule has 0 amide bonds. The Morgan fingerprint density at radius 2 is 2.17 bits per heavy atom. The van der Waals surface area contributed by atoms with Crippen LogP contribution in [0.25, 0.3) is 0 Å². The molecule has 0 aromatic heterocycles. The molecule has 0 saturated carbocycles. The molecule has 0 aromatic rings. The number of alkyl halides is 2. The number of aliphatic carboxylic acids is 1. The van der Waals surface area contributed by atoms with E-state index in [1.165, 1.54) is 0 Å². The summed E-state index contributed by atoms with van der Waals surface area (Å²) in [6.45, 7) is 0.230. The maximum Gasteiger partial charge on any atom is 0.377 e. The third-order valence-electron chi connectivity index (χ3n) is 1.87. The first-order valence-electron chi connectivity index (χ1n) is 3.78. The van der Waals surface area contributed by atoms with Crippen molar-refractivity contribution in [2.24, 2.45) is 0 Å². The molecule has 0 bridgehead atoms. The summed E-state index contributed by atoms with van der Waals surface area (Å²) in [5.41, 5.74) is 0. The summed E-state index contributed by atoms with van der Waals surface area (Å²) >= 11 is 0. The minimum atomic E-state index is -3.74. The van der Waals surface area contributed by atoms with Crippen LogP contribution in [0.15, 0.2) is 0 Å². The van der Waals surface area contributed by atoms with Gasteiger partial charge in [0.25, 0.3) is 0 Å². The second-order valence-electron chi connectivity index (χ2n) is 2.78. The van der Waals surface area contributed by atoms with Crippen LogP contribution in [0.1, 0.15) is 19.3 Å². The summed E-state index contributed by atoms with van der Waals surface area (Å²) in [6.07, 6.45) is 0.0164. The molecule has 5 heteroatoms. The molecule has 1 N–H and O–H groups in total. The lowest BCUT2D eigenvalue weighted by molar-refractivity contribution is -0.194. The van der Waals surface area contributed by atoms with Crippen LogP contribution in [-0.4, -0.2) is 29.7 Å². The van der Waals surface area contributed by atoms with Gasteiger partial charge < -0.3 is 9.84 Å². The zero-order valence-corrected chi connectivity index (χ0v) is 6.43. The molecule has 1 rings (SSSR count). The molecule has 0 radical (unpaired) electrons. The van der Waals surface area contributed by atoms with E-state index in [1.807, 2.05) is 0 Å². The Morgan fingerprint density at radius 1 is 1.50 bits per heavy atom. The van der Waals surface area contributed by atoms with Crippen LogP contribution in [0.3, 0.4) is 0 Å². The van der Waals surface area contributed by atoms with Gasteiger partial charge in [-0.15, -0.1) is 0 Å². The maximum absolute atomic E-state index is 12.7. The number of carboxylic acids is 1. The number of halogens is 2. The number of hydrogen-bond acceptors (Lipinski definition) is 2. The van der Waals surface area contributed by atoms with Gasteiger partial charge in [0.2, 0.25) is 0 Å². The Labute approximate surface area is 68.3 Å². The molecule has 70 valence electrons. The molecule has 1 atom stereocenters. The first-order chi connectivity index (χ1) is 5.55. The molecule has 0 aromatic carbocycles. The second kappa shape index (κ2) is 3.35. The zero-order valence-electron chi connectivity index (χ0n) is 6.43. The topological polar surface area (TPSA) is 46.5 Å². The Hall–Kier alpha value is -0.710. The van der Waals surface area contributed by atoms with E-state index in [2.05, 4.69) is 4.74 Å². The van der Waals surface area contributed by atoms with Gasteiger partial charge in [-0.25, -0.2) is 4.79 Å². The van der Waals surface area contributed by atoms with E-state index in [0.717, 1.165) is 6.42 Å². The van der Waals surface area contributed by atoms with Gasteiger partial charge in [-0.2, -0.15) is 8.78 Å². The Kier molecular flexibility index (Phi) is 2.62. The molecule has 1 aliphatic rings. The standard InChI is InChI=1S/C7H10F2O3/c8-7(9,6(10)11)5-3-1-2-4-12-5/h5H,1-4H2,(H,10,11). The SMILES string of the molecule is O=C(O)C(F)(F)C1CCCCO1. The van der Waals surface area contributed by atoms with Crippen molar-refractivity contribution in [3.05, 3.63) is 0 Å². The lowest BCUT2D eigenvalue weighted by Crippen LogP contribution is -2.44. The van der Waals surface area contributed by atoms with Crippen molar-refractivity contribution >= 4 is 5.97 Å². The highest BCUT2D eigenvalue weighted by Gasteiger charge is 2.48. The highest BCUT2D eigenvalue weighted by atomic mass is 19.3. The predicted octanol–water partition coefficient (Wildman–Crippen LogP) is 1.28. The van der Waals surface area contributed by atoms with E-state index in [4.69, 9.17) is 5.11 Å². The van der Waals surface area contributed by atoms with Gasteiger partial charge in [0, 0.05) is 6.61 Å². The van der Waals surface area contributed by atoms with Gasteiger partial charge in [0.1, 0.15) is 6.10 Å². The fourth-order valence-electron chi connectivity index (χ4n) is 1.16. The number of carbonyl (C=O) groups is 1. The molecule has 3 nitrogen and oxygen atoms in total. The van der Waals surface area contributed by atoms with Gasteiger partial charge >= 0.3 is 11.9 Å². The van der Waals surface area contributed by atoms with Crippen LogP contribution in [0.4, 0.5) is 8.78 Å². The minimum absolute atomic E-state index is 0.124. The van der Waals surface area contributed by atoms with E-state index in [-0.39, 0.29) is 13.0 Å². The zero-order chi connectivity index (χ0) is 9.19. The number of ether oxygens (including phenoxy) is 1. The number of carboxylic acid groups (broad SMARTS) is 1. The highest BCUT2D eigenvalue weighted by Crippen LogP contribution is 2.28. The molecule has 0 spiro atoms. The van der Waals surface area contributed by atoms with Gasteiger partial charge in [-0.05, 0) is 19.3 Å². The molecule has 1 aliphatic heterocycles. The average Bonchev–Trinajstić information content (AvgIpc) is 2.06. The van der Waals surface area contributed by atoms with Crippen molar-refractivity contribution in [2.75, 3.05) is 6.61 Å². The van der Waals surface area contributed by atoms with Gasteiger partial charge in [0.05, 0.1) is 0 Å². The van der Waals surface area contributed by atoms with Gasteiger partial charge in [-0.3, -0.25) is 0 Å². The fourth-order valence-corrected chi connectivity index (χ4v) is 1.16. The highest BCUT2D eigenvalue weighted by molar-refractivity contribution is 5.76. The molecule has 12 heavy (non-hydrogen) atoms. The van der Waals surface area contributed by atoms with Crippen LogP contribution in [0, 0.1) is 0 Å². The van der Waals surface area contributed by atoms with E-state index in [0.29, 0.717) is 6.42 Å². The molecular formula is C7H10F2O3. The second-order valence-corrected chi connectivity index (χ2v) is 2.78. The Balaban J connectivity index is 2.59. The lowest BCUT2D eigenvalue weighted by Gasteiger charge is -2.26. The number of hydrogen-bond donors (Lipinski definition) is 1.